The van der Waals surface area contributed by atoms with Gasteiger partial charge in [0.25, 0.3) is 0 Å². The fourth-order valence-corrected chi connectivity index (χ4v) is 1.45. The number of hydrogen-bond donors (Lipinski definition) is 2. The van der Waals surface area contributed by atoms with Gasteiger partial charge in [-0.25, -0.2) is 0 Å². The van der Waals surface area contributed by atoms with Crippen LogP contribution >= 0.6 is 0 Å². The second-order valence-electron chi connectivity index (χ2n) is 4.23. The third-order valence-corrected chi connectivity index (χ3v) is 2.52. The standard InChI is InChI=1S/C11H19NO3/c1-11(14,5-6-15-2)8-12-9-3-4-10(13)7-9/h7,12,14H,3-6,8H2,1-2H3. The van der Waals surface area contributed by atoms with Crippen LogP contribution in [0.4, 0.5) is 0 Å². The maximum atomic E-state index is 11.0. The van der Waals surface area contributed by atoms with Gasteiger partial charge in [0, 0.05) is 44.9 Å². The SMILES string of the molecule is COCCC(C)(O)CNC1=CC(=O)CC1. The zero-order valence-electron chi connectivity index (χ0n) is 9.38. The molecule has 86 valence electrons. The first-order chi connectivity index (χ1) is 7.03. The van der Waals surface area contributed by atoms with Crippen LogP contribution in [-0.4, -0.2) is 36.8 Å². The Morgan fingerprint density at radius 3 is 2.87 bits per heavy atom. The predicted molar refractivity (Wildman–Crippen MR) is 57.4 cm³/mol. The number of ether oxygens (including phenoxy) is 1. The van der Waals surface area contributed by atoms with E-state index in [-0.39, 0.29) is 5.78 Å². The summed E-state index contributed by atoms with van der Waals surface area (Å²) in [7, 11) is 1.61. The Morgan fingerprint density at radius 2 is 2.33 bits per heavy atom. The molecule has 0 amide bonds. The number of ketones is 1. The Bertz CT molecular complexity index is 259. The van der Waals surface area contributed by atoms with Gasteiger partial charge in [-0.15, -0.1) is 0 Å². The van der Waals surface area contributed by atoms with Crippen molar-refractivity contribution in [3.63, 3.8) is 0 Å². The second kappa shape index (κ2) is 5.28. The van der Waals surface area contributed by atoms with Crippen LogP contribution in [0.5, 0.6) is 0 Å². The lowest BCUT2D eigenvalue weighted by Gasteiger charge is -2.24. The van der Waals surface area contributed by atoms with Crippen molar-refractivity contribution in [3.8, 4) is 0 Å². The van der Waals surface area contributed by atoms with E-state index in [0.29, 0.717) is 26.0 Å². The maximum Gasteiger partial charge on any atom is 0.157 e. The van der Waals surface area contributed by atoms with E-state index in [4.69, 9.17) is 4.74 Å². The normalized spacial score (nSPS) is 19.9. The molecule has 0 spiro atoms. The fourth-order valence-electron chi connectivity index (χ4n) is 1.45. The minimum Gasteiger partial charge on any atom is -0.388 e. The average Bonchev–Trinajstić information content (AvgIpc) is 2.59. The summed E-state index contributed by atoms with van der Waals surface area (Å²) in [5.41, 5.74) is 0.139. The second-order valence-corrected chi connectivity index (χ2v) is 4.23. The van der Waals surface area contributed by atoms with Crippen molar-refractivity contribution in [2.45, 2.75) is 31.8 Å². The highest BCUT2D eigenvalue weighted by atomic mass is 16.5. The van der Waals surface area contributed by atoms with Gasteiger partial charge in [0.15, 0.2) is 5.78 Å². The van der Waals surface area contributed by atoms with Gasteiger partial charge in [-0.3, -0.25) is 4.79 Å². The molecule has 1 unspecified atom stereocenters. The van der Waals surface area contributed by atoms with E-state index < -0.39 is 5.60 Å². The number of carbonyl (C=O) groups excluding carboxylic acids is 1. The Hall–Kier alpha value is -0.870. The summed E-state index contributed by atoms with van der Waals surface area (Å²) in [4.78, 5) is 11.0. The lowest BCUT2D eigenvalue weighted by molar-refractivity contribution is -0.114. The van der Waals surface area contributed by atoms with Gasteiger partial charge < -0.3 is 15.2 Å². The minimum absolute atomic E-state index is 0.161. The van der Waals surface area contributed by atoms with E-state index in [9.17, 15) is 9.90 Å². The summed E-state index contributed by atoms with van der Waals surface area (Å²) in [6.45, 7) is 2.75. The first kappa shape index (κ1) is 12.2. The van der Waals surface area contributed by atoms with E-state index in [1.165, 1.54) is 0 Å². The van der Waals surface area contributed by atoms with Crippen molar-refractivity contribution in [1.82, 2.24) is 5.32 Å². The van der Waals surface area contributed by atoms with E-state index in [1.807, 2.05) is 0 Å². The Balaban J connectivity index is 2.29. The highest BCUT2D eigenvalue weighted by molar-refractivity contribution is 5.92. The van der Waals surface area contributed by atoms with Crippen LogP contribution in [0, 0.1) is 0 Å². The molecule has 0 saturated carbocycles. The molecule has 0 saturated heterocycles. The van der Waals surface area contributed by atoms with Crippen LogP contribution in [0.1, 0.15) is 26.2 Å². The molecule has 0 aromatic carbocycles. The molecule has 0 radical (unpaired) electrons. The summed E-state index contributed by atoms with van der Waals surface area (Å²) in [6, 6.07) is 0. The van der Waals surface area contributed by atoms with Gasteiger partial charge in [-0.1, -0.05) is 0 Å². The Kier molecular flexibility index (Phi) is 4.29. The molecule has 15 heavy (non-hydrogen) atoms. The summed E-state index contributed by atoms with van der Waals surface area (Å²) in [6.07, 6.45) is 3.55. The lowest BCUT2D eigenvalue weighted by Crippen LogP contribution is -2.38. The molecule has 0 bridgehead atoms. The van der Waals surface area contributed by atoms with Gasteiger partial charge in [0.05, 0.1) is 5.60 Å². The third kappa shape index (κ3) is 4.44. The first-order valence-corrected chi connectivity index (χ1v) is 5.22. The number of hydrogen-bond acceptors (Lipinski definition) is 4. The van der Waals surface area contributed by atoms with Crippen molar-refractivity contribution in [1.29, 1.82) is 0 Å². The molecule has 1 rings (SSSR count). The highest BCUT2D eigenvalue weighted by Crippen LogP contribution is 2.14. The van der Waals surface area contributed by atoms with Crippen molar-refractivity contribution in [3.05, 3.63) is 11.8 Å². The van der Waals surface area contributed by atoms with Crippen molar-refractivity contribution in [2.24, 2.45) is 0 Å². The number of allylic oxidation sites excluding steroid dienone is 2. The average molecular weight is 213 g/mol. The van der Waals surface area contributed by atoms with Crippen molar-refractivity contribution in [2.75, 3.05) is 20.3 Å². The first-order valence-electron chi connectivity index (χ1n) is 5.22. The van der Waals surface area contributed by atoms with E-state index in [2.05, 4.69) is 5.32 Å². The smallest absolute Gasteiger partial charge is 0.157 e. The number of carbonyl (C=O) groups is 1. The number of aliphatic hydroxyl groups is 1. The van der Waals surface area contributed by atoms with Gasteiger partial charge in [0.2, 0.25) is 0 Å². The van der Waals surface area contributed by atoms with E-state index >= 15 is 0 Å². The summed E-state index contributed by atoms with van der Waals surface area (Å²) < 4.78 is 4.91. The monoisotopic (exact) mass is 213 g/mol. The van der Waals surface area contributed by atoms with Crippen molar-refractivity contribution >= 4 is 5.78 Å². The number of rotatable bonds is 6. The van der Waals surface area contributed by atoms with Crippen LogP contribution in [0.3, 0.4) is 0 Å². The molecule has 0 fully saturated rings. The third-order valence-electron chi connectivity index (χ3n) is 2.52. The quantitative estimate of drug-likeness (QED) is 0.678. The molecule has 0 aromatic heterocycles. The van der Waals surface area contributed by atoms with Gasteiger partial charge in [0.1, 0.15) is 0 Å². The molecule has 4 heteroatoms. The Morgan fingerprint density at radius 1 is 1.60 bits per heavy atom. The van der Waals surface area contributed by atoms with Gasteiger partial charge in [-0.2, -0.15) is 0 Å². The fraction of sp³-hybridized carbons (Fsp3) is 0.727. The molecule has 1 atom stereocenters. The van der Waals surface area contributed by atoms with Crippen LogP contribution < -0.4 is 5.32 Å². The summed E-state index contributed by atoms with van der Waals surface area (Å²) in [5, 5.41) is 13.0. The zero-order valence-corrected chi connectivity index (χ0v) is 9.38. The molecular weight excluding hydrogens is 194 g/mol. The highest BCUT2D eigenvalue weighted by Gasteiger charge is 2.21. The van der Waals surface area contributed by atoms with Gasteiger partial charge in [-0.05, 0) is 13.3 Å². The predicted octanol–water partition coefficient (Wildman–Crippen LogP) is 0.610. The topological polar surface area (TPSA) is 58.6 Å². The van der Waals surface area contributed by atoms with E-state index in [1.54, 1.807) is 20.1 Å². The largest absolute Gasteiger partial charge is 0.388 e. The summed E-state index contributed by atoms with van der Waals surface area (Å²) >= 11 is 0. The molecule has 1 aliphatic carbocycles. The molecule has 2 N–H and O–H groups in total. The molecule has 4 nitrogen and oxygen atoms in total. The maximum absolute atomic E-state index is 11.0. The summed E-state index contributed by atoms with van der Waals surface area (Å²) in [5.74, 6) is 0.161. The molecule has 0 aromatic rings. The minimum atomic E-state index is -0.789. The van der Waals surface area contributed by atoms with Crippen LogP contribution in [-0.2, 0) is 9.53 Å². The van der Waals surface area contributed by atoms with Gasteiger partial charge >= 0.3 is 0 Å². The van der Waals surface area contributed by atoms with Crippen molar-refractivity contribution < 1.29 is 14.6 Å². The van der Waals surface area contributed by atoms with Crippen LogP contribution in [0.25, 0.3) is 0 Å². The molecular formula is C11H19NO3. The van der Waals surface area contributed by atoms with Crippen LogP contribution in [0.15, 0.2) is 11.8 Å². The number of nitrogens with one attached hydrogen (secondary N) is 1. The molecule has 1 aliphatic rings. The molecule has 0 heterocycles. The van der Waals surface area contributed by atoms with E-state index in [0.717, 1.165) is 12.1 Å². The van der Waals surface area contributed by atoms with Crippen LogP contribution in [0.2, 0.25) is 0 Å². The zero-order chi connectivity index (χ0) is 11.3. The lowest BCUT2D eigenvalue weighted by atomic mass is 10.0. The number of methoxy groups -OCH3 is 1. The Labute approximate surface area is 90.3 Å². The molecule has 0 aliphatic heterocycles.